The molecule has 2 aromatic rings. The molecule has 0 aliphatic heterocycles. The second-order valence-corrected chi connectivity index (χ2v) is 9.14. The molecule has 0 saturated carbocycles. The summed E-state index contributed by atoms with van der Waals surface area (Å²) in [5.41, 5.74) is 0.895. The summed E-state index contributed by atoms with van der Waals surface area (Å²) in [6.07, 6.45) is 0. The number of methoxy groups -OCH3 is 1. The first-order valence-electron chi connectivity index (χ1n) is 9.53. The van der Waals surface area contributed by atoms with Crippen molar-refractivity contribution >= 4 is 28.2 Å². The van der Waals surface area contributed by atoms with Gasteiger partial charge in [-0.05, 0) is 37.6 Å². The second-order valence-electron chi connectivity index (χ2n) is 7.88. The Labute approximate surface area is 176 Å². The molecule has 2 amide bonds. The zero-order valence-electron chi connectivity index (χ0n) is 18.2. The van der Waals surface area contributed by atoms with Gasteiger partial charge in [-0.2, -0.15) is 0 Å². The van der Waals surface area contributed by atoms with E-state index in [1.165, 1.54) is 11.3 Å². The first-order chi connectivity index (χ1) is 13.6. The fraction of sp³-hybridized carbons (Fsp3) is 0.455. The monoisotopic (exact) mass is 418 g/mol. The Morgan fingerprint density at radius 1 is 1.17 bits per heavy atom. The molecule has 158 valence electrons. The summed E-state index contributed by atoms with van der Waals surface area (Å²) >= 11 is 1.41. The third kappa shape index (κ3) is 5.73. The number of nitrogens with zero attached hydrogens (tertiary/aromatic N) is 1. The fourth-order valence-corrected chi connectivity index (χ4v) is 3.59. The van der Waals surface area contributed by atoms with E-state index in [2.05, 4.69) is 5.32 Å². The Bertz CT molecular complexity index is 883. The predicted octanol–water partition coefficient (Wildman–Crippen LogP) is 4.72. The molecule has 1 N–H and O–H groups in total. The van der Waals surface area contributed by atoms with Crippen molar-refractivity contribution in [1.29, 1.82) is 0 Å². The van der Waals surface area contributed by atoms with E-state index in [0.29, 0.717) is 35.2 Å². The lowest BCUT2D eigenvalue weighted by Gasteiger charge is -2.20. The number of ether oxygens (including phenoxy) is 2. The van der Waals surface area contributed by atoms with Crippen molar-refractivity contribution in [2.75, 3.05) is 26.1 Å². The van der Waals surface area contributed by atoms with Crippen LogP contribution in [0.1, 0.15) is 48.5 Å². The van der Waals surface area contributed by atoms with Gasteiger partial charge in [0.1, 0.15) is 5.00 Å². The van der Waals surface area contributed by atoms with Crippen LogP contribution >= 0.6 is 11.3 Å². The second kappa shape index (κ2) is 9.31. The third-order valence-corrected chi connectivity index (χ3v) is 5.25. The normalized spacial score (nSPS) is 11.1. The number of carbonyl (C=O) groups is 2. The number of benzene rings is 1. The van der Waals surface area contributed by atoms with Gasteiger partial charge in [-0.25, -0.2) is 0 Å². The predicted molar refractivity (Wildman–Crippen MR) is 117 cm³/mol. The van der Waals surface area contributed by atoms with E-state index in [9.17, 15) is 9.59 Å². The van der Waals surface area contributed by atoms with E-state index >= 15 is 0 Å². The molecule has 1 aromatic heterocycles. The third-order valence-electron chi connectivity index (χ3n) is 4.29. The van der Waals surface area contributed by atoms with Gasteiger partial charge in [-0.3, -0.25) is 9.59 Å². The van der Waals surface area contributed by atoms with E-state index in [4.69, 9.17) is 9.47 Å². The van der Waals surface area contributed by atoms with Crippen LogP contribution < -0.4 is 14.8 Å². The number of hydrogen-bond donors (Lipinski definition) is 1. The fourth-order valence-electron chi connectivity index (χ4n) is 2.70. The van der Waals surface area contributed by atoms with Gasteiger partial charge in [0, 0.05) is 23.9 Å². The molecule has 6 nitrogen and oxygen atoms in total. The topological polar surface area (TPSA) is 67.9 Å². The first kappa shape index (κ1) is 22.7. The quantitative estimate of drug-likeness (QED) is 0.706. The molecule has 2 rings (SSSR count). The van der Waals surface area contributed by atoms with Gasteiger partial charge < -0.3 is 19.7 Å². The minimum absolute atomic E-state index is 0.118. The van der Waals surface area contributed by atoms with Crippen LogP contribution in [0.15, 0.2) is 24.3 Å². The number of anilines is 1. The SMILES string of the molecule is CCOc1cc(CN(C)C(=O)c2cc(C)sc2NC(=O)C(C)(C)C)ccc1OC. The van der Waals surface area contributed by atoms with Crippen LogP contribution in [-0.4, -0.2) is 37.5 Å². The molecule has 7 heteroatoms. The molecule has 0 atom stereocenters. The van der Waals surface area contributed by atoms with E-state index in [1.54, 1.807) is 19.1 Å². The Hall–Kier alpha value is -2.54. The van der Waals surface area contributed by atoms with Crippen LogP contribution in [0.4, 0.5) is 5.00 Å². The Kier molecular flexibility index (Phi) is 7.30. The van der Waals surface area contributed by atoms with Gasteiger partial charge in [-0.15, -0.1) is 11.3 Å². The van der Waals surface area contributed by atoms with Crippen LogP contribution in [0.25, 0.3) is 0 Å². The molecule has 0 aliphatic rings. The number of aryl methyl sites for hydroxylation is 1. The lowest BCUT2D eigenvalue weighted by atomic mass is 9.96. The summed E-state index contributed by atoms with van der Waals surface area (Å²) in [5.74, 6) is 1.04. The summed E-state index contributed by atoms with van der Waals surface area (Å²) < 4.78 is 10.9. The molecule has 0 aliphatic carbocycles. The Morgan fingerprint density at radius 2 is 1.86 bits per heavy atom. The van der Waals surface area contributed by atoms with Crippen LogP contribution in [0.5, 0.6) is 11.5 Å². The van der Waals surface area contributed by atoms with Crippen molar-refractivity contribution < 1.29 is 19.1 Å². The largest absolute Gasteiger partial charge is 0.493 e. The van der Waals surface area contributed by atoms with Crippen LogP contribution in [-0.2, 0) is 11.3 Å². The van der Waals surface area contributed by atoms with Gasteiger partial charge in [0.15, 0.2) is 11.5 Å². The summed E-state index contributed by atoms with van der Waals surface area (Å²) in [6.45, 7) is 10.3. The van der Waals surface area contributed by atoms with E-state index < -0.39 is 5.41 Å². The maximum absolute atomic E-state index is 13.1. The van der Waals surface area contributed by atoms with Crippen molar-refractivity contribution in [3.8, 4) is 11.5 Å². The molecule has 1 heterocycles. The summed E-state index contributed by atoms with van der Waals surface area (Å²) in [4.78, 5) is 28.1. The zero-order chi connectivity index (χ0) is 21.8. The lowest BCUT2D eigenvalue weighted by Crippen LogP contribution is -2.30. The first-order valence-corrected chi connectivity index (χ1v) is 10.4. The smallest absolute Gasteiger partial charge is 0.256 e. The highest BCUT2D eigenvalue weighted by atomic mass is 32.1. The number of amides is 2. The highest BCUT2D eigenvalue weighted by molar-refractivity contribution is 7.16. The van der Waals surface area contributed by atoms with Gasteiger partial charge in [0.25, 0.3) is 5.91 Å². The minimum Gasteiger partial charge on any atom is -0.493 e. The van der Waals surface area contributed by atoms with Gasteiger partial charge in [0.2, 0.25) is 5.91 Å². The molecular weight excluding hydrogens is 388 g/mol. The minimum atomic E-state index is -0.539. The number of rotatable bonds is 7. The van der Waals surface area contributed by atoms with E-state index in [0.717, 1.165) is 10.4 Å². The van der Waals surface area contributed by atoms with E-state index in [1.807, 2.05) is 58.9 Å². The maximum Gasteiger partial charge on any atom is 0.256 e. The van der Waals surface area contributed by atoms with Gasteiger partial charge in [-0.1, -0.05) is 26.8 Å². The molecule has 0 fully saturated rings. The number of carbonyl (C=O) groups excluding carboxylic acids is 2. The molecule has 0 spiro atoms. The molecule has 0 bridgehead atoms. The lowest BCUT2D eigenvalue weighted by molar-refractivity contribution is -0.123. The van der Waals surface area contributed by atoms with Crippen molar-refractivity contribution in [1.82, 2.24) is 4.90 Å². The van der Waals surface area contributed by atoms with Gasteiger partial charge in [0.05, 0.1) is 19.3 Å². The maximum atomic E-state index is 13.1. The van der Waals surface area contributed by atoms with Crippen molar-refractivity contribution in [3.05, 3.63) is 40.3 Å². The molecule has 29 heavy (non-hydrogen) atoms. The highest BCUT2D eigenvalue weighted by Crippen LogP contribution is 2.32. The van der Waals surface area contributed by atoms with E-state index in [-0.39, 0.29) is 11.8 Å². The van der Waals surface area contributed by atoms with Crippen LogP contribution in [0.3, 0.4) is 0 Å². The molecular formula is C22H30N2O4S. The van der Waals surface area contributed by atoms with Crippen molar-refractivity contribution in [2.24, 2.45) is 5.41 Å². The van der Waals surface area contributed by atoms with Crippen LogP contribution in [0, 0.1) is 12.3 Å². The number of nitrogens with one attached hydrogen (secondary N) is 1. The number of hydrogen-bond acceptors (Lipinski definition) is 5. The summed E-state index contributed by atoms with van der Waals surface area (Å²) in [7, 11) is 3.34. The summed E-state index contributed by atoms with van der Waals surface area (Å²) in [6, 6.07) is 7.45. The molecule has 0 unspecified atom stereocenters. The average molecular weight is 419 g/mol. The molecule has 1 aromatic carbocycles. The van der Waals surface area contributed by atoms with Crippen molar-refractivity contribution in [2.45, 2.75) is 41.2 Å². The van der Waals surface area contributed by atoms with Crippen LogP contribution in [0.2, 0.25) is 0 Å². The highest BCUT2D eigenvalue weighted by Gasteiger charge is 2.25. The number of thiophene rings is 1. The molecule has 0 saturated heterocycles. The Balaban J connectivity index is 2.21. The Morgan fingerprint density at radius 3 is 2.45 bits per heavy atom. The van der Waals surface area contributed by atoms with Crippen molar-refractivity contribution in [3.63, 3.8) is 0 Å². The summed E-state index contributed by atoms with van der Waals surface area (Å²) in [5, 5.41) is 3.49. The van der Waals surface area contributed by atoms with Gasteiger partial charge >= 0.3 is 0 Å². The average Bonchev–Trinajstić information content (AvgIpc) is 3.01. The standard InChI is InChI=1S/C22H30N2O4S/c1-8-28-18-12-15(9-10-17(18)27-7)13-24(6)20(25)16-11-14(2)29-19(16)23-21(26)22(3,4)5/h9-12H,8,13H2,1-7H3,(H,23,26). The molecule has 0 radical (unpaired) electrons. The zero-order valence-corrected chi connectivity index (χ0v) is 19.0.